The number of aryl methyl sites for hydroxylation is 1. The van der Waals surface area contributed by atoms with Crippen LogP contribution in [0.25, 0.3) is 0 Å². The Balaban J connectivity index is 1.78. The second-order valence-electron chi connectivity index (χ2n) is 8.60. The molecule has 0 spiro atoms. The Labute approximate surface area is 184 Å². The molecule has 0 amide bonds. The molecule has 3 rings (SSSR count). The van der Waals surface area contributed by atoms with Crippen molar-refractivity contribution in [2.75, 3.05) is 7.11 Å². The van der Waals surface area contributed by atoms with E-state index in [0.29, 0.717) is 25.0 Å². The van der Waals surface area contributed by atoms with Gasteiger partial charge in [0.15, 0.2) is 5.82 Å². The summed E-state index contributed by atoms with van der Waals surface area (Å²) in [5, 5.41) is 3.54. The van der Waals surface area contributed by atoms with Gasteiger partial charge in [-0.3, -0.25) is 4.98 Å². The number of methoxy groups -OCH3 is 1. The van der Waals surface area contributed by atoms with E-state index >= 15 is 0 Å². The van der Waals surface area contributed by atoms with Gasteiger partial charge in [0.05, 0.1) is 12.8 Å². The van der Waals surface area contributed by atoms with Crippen molar-refractivity contribution in [3.8, 4) is 5.75 Å². The summed E-state index contributed by atoms with van der Waals surface area (Å²) in [5.41, 5.74) is 3.34. The Morgan fingerprint density at radius 2 is 1.81 bits per heavy atom. The number of carbonyl (C=O) groups is 1. The van der Waals surface area contributed by atoms with E-state index in [0.717, 1.165) is 35.4 Å². The number of ether oxygens (including phenoxy) is 2. The average Bonchev–Trinajstić information content (AvgIpc) is 3.24. The van der Waals surface area contributed by atoms with Crippen molar-refractivity contribution in [3.05, 3.63) is 34.2 Å². The second-order valence-corrected chi connectivity index (χ2v) is 8.60. The molecule has 1 aliphatic rings. The Hall–Kier alpha value is -2.65. The van der Waals surface area contributed by atoms with Crippen molar-refractivity contribution in [2.45, 2.75) is 77.8 Å². The van der Waals surface area contributed by atoms with Gasteiger partial charge in [-0.2, -0.15) is 18.2 Å². The first-order valence-corrected chi connectivity index (χ1v) is 10.7. The summed E-state index contributed by atoms with van der Waals surface area (Å²) < 4.78 is 52.8. The van der Waals surface area contributed by atoms with Crippen LogP contribution in [0.4, 0.5) is 18.0 Å². The molecule has 0 aromatic carbocycles. The van der Waals surface area contributed by atoms with Gasteiger partial charge in [-0.05, 0) is 57.8 Å². The Bertz CT molecular complexity index is 964. The van der Waals surface area contributed by atoms with Gasteiger partial charge >= 0.3 is 18.2 Å². The van der Waals surface area contributed by atoms with Crippen LogP contribution in [0.1, 0.15) is 85.6 Å². The van der Waals surface area contributed by atoms with Gasteiger partial charge in [0, 0.05) is 22.7 Å². The quantitative estimate of drug-likeness (QED) is 0.520. The molecular formula is C22H28F3N3O4. The zero-order chi connectivity index (χ0) is 23.6. The number of halogens is 3. The van der Waals surface area contributed by atoms with Crippen molar-refractivity contribution in [1.29, 1.82) is 0 Å². The van der Waals surface area contributed by atoms with Gasteiger partial charge in [-0.1, -0.05) is 19.0 Å². The fraction of sp³-hybridized carbons (Fsp3) is 0.636. The predicted octanol–water partition coefficient (Wildman–Crippen LogP) is 5.89. The highest BCUT2D eigenvalue weighted by Gasteiger charge is 2.39. The Kier molecular flexibility index (Phi) is 7.09. The smallest absolute Gasteiger partial charge is 0.437 e. The first-order chi connectivity index (χ1) is 15.0. The fourth-order valence-corrected chi connectivity index (χ4v) is 4.21. The topological polar surface area (TPSA) is 87.3 Å². The summed E-state index contributed by atoms with van der Waals surface area (Å²) in [6.07, 6.45) is -1.89. The van der Waals surface area contributed by atoms with Crippen molar-refractivity contribution < 1.29 is 32.0 Å². The number of hydrogen-bond acceptors (Lipinski definition) is 7. The maximum absolute atomic E-state index is 12.7. The molecule has 0 N–H and O–H groups in total. The van der Waals surface area contributed by atoms with Gasteiger partial charge in [0.25, 0.3) is 0 Å². The SMILES string of the molecule is COC(=O)Oc1c(C)c(C)nc(C(C)C)c1CC1CCC(c2noc(C(F)(F)F)n2)CC1. The van der Waals surface area contributed by atoms with Crippen molar-refractivity contribution in [2.24, 2.45) is 5.92 Å². The molecule has 0 saturated heterocycles. The van der Waals surface area contributed by atoms with E-state index in [4.69, 9.17) is 14.5 Å². The van der Waals surface area contributed by atoms with Crippen LogP contribution in [0.5, 0.6) is 5.75 Å². The van der Waals surface area contributed by atoms with Crippen LogP contribution < -0.4 is 4.74 Å². The van der Waals surface area contributed by atoms with Gasteiger partial charge in [0.1, 0.15) is 5.75 Å². The zero-order valence-electron chi connectivity index (χ0n) is 18.9. The number of pyridine rings is 1. The zero-order valence-corrected chi connectivity index (χ0v) is 18.9. The molecule has 176 valence electrons. The van der Waals surface area contributed by atoms with Crippen LogP contribution in [0.2, 0.25) is 0 Å². The number of rotatable bonds is 5. The van der Waals surface area contributed by atoms with Crippen LogP contribution in [0, 0.1) is 19.8 Å². The van der Waals surface area contributed by atoms with E-state index in [1.165, 1.54) is 7.11 Å². The number of hydrogen-bond donors (Lipinski definition) is 0. The lowest BCUT2D eigenvalue weighted by Crippen LogP contribution is -2.20. The summed E-state index contributed by atoms with van der Waals surface area (Å²) in [4.78, 5) is 20.2. The molecule has 0 aliphatic heterocycles. The average molecular weight is 455 g/mol. The summed E-state index contributed by atoms with van der Waals surface area (Å²) in [7, 11) is 1.26. The summed E-state index contributed by atoms with van der Waals surface area (Å²) in [5.74, 6) is -0.479. The molecule has 10 heteroatoms. The second kappa shape index (κ2) is 9.46. The lowest BCUT2D eigenvalue weighted by atomic mass is 9.78. The molecule has 1 fully saturated rings. The molecule has 2 aromatic rings. The minimum Gasteiger partial charge on any atom is -0.437 e. The van der Waals surface area contributed by atoms with Crippen LogP contribution >= 0.6 is 0 Å². The van der Waals surface area contributed by atoms with Gasteiger partial charge in [-0.25, -0.2) is 4.79 Å². The van der Waals surface area contributed by atoms with Gasteiger partial charge in [0.2, 0.25) is 0 Å². The lowest BCUT2D eigenvalue weighted by Gasteiger charge is -2.28. The number of carbonyl (C=O) groups excluding carboxylic acids is 1. The van der Waals surface area contributed by atoms with Crippen LogP contribution in [0.3, 0.4) is 0 Å². The fourth-order valence-electron chi connectivity index (χ4n) is 4.21. The summed E-state index contributed by atoms with van der Waals surface area (Å²) >= 11 is 0. The number of nitrogens with zero attached hydrogens (tertiary/aromatic N) is 3. The predicted molar refractivity (Wildman–Crippen MR) is 109 cm³/mol. The highest BCUT2D eigenvalue weighted by atomic mass is 19.4. The third-order valence-corrected chi connectivity index (χ3v) is 6.04. The molecule has 2 heterocycles. The van der Waals surface area contributed by atoms with Crippen molar-refractivity contribution in [3.63, 3.8) is 0 Å². The third-order valence-electron chi connectivity index (χ3n) is 6.04. The standard InChI is InChI=1S/C22H28F3N3O4/c1-11(2)17-16(18(31-21(29)30-5)12(3)13(4)26-17)10-14-6-8-15(9-7-14)19-27-20(32-28-19)22(23,24)25/h11,14-15H,6-10H2,1-5H3. The van der Waals surface area contributed by atoms with E-state index in [1.54, 1.807) is 0 Å². The highest BCUT2D eigenvalue weighted by molar-refractivity contribution is 5.66. The van der Waals surface area contributed by atoms with Crippen LogP contribution in [-0.2, 0) is 17.3 Å². The highest BCUT2D eigenvalue weighted by Crippen LogP contribution is 2.40. The Morgan fingerprint density at radius 3 is 2.34 bits per heavy atom. The van der Waals surface area contributed by atoms with E-state index in [1.807, 2.05) is 27.7 Å². The number of alkyl halides is 3. The molecule has 0 atom stereocenters. The third kappa shape index (κ3) is 5.21. The maximum atomic E-state index is 12.7. The molecule has 2 aromatic heterocycles. The number of aromatic nitrogens is 3. The molecule has 0 radical (unpaired) electrons. The van der Waals surface area contributed by atoms with Crippen molar-refractivity contribution >= 4 is 6.16 Å². The molecule has 7 nitrogen and oxygen atoms in total. The molecule has 0 unspecified atom stereocenters. The lowest BCUT2D eigenvalue weighted by molar-refractivity contribution is -0.159. The minimum absolute atomic E-state index is 0.112. The van der Waals surface area contributed by atoms with E-state index in [-0.39, 0.29) is 23.6 Å². The van der Waals surface area contributed by atoms with Crippen molar-refractivity contribution in [1.82, 2.24) is 15.1 Å². The largest absolute Gasteiger partial charge is 0.513 e. The van der Waals surface area contributed by atoms with Crippen LogP contribution in [-0.4, -0.2) is 28.4 Å². The van der Waals surface area contributed by atoms with E-state index < -0.39 is 18.2 Å². The molecular weight excluding hydrogens is 427 g/mol. The van der Waals surface area contributed by atoms with E-state index in [2.05, 4.69) is 14.7 Å². The molecule has 32 heavy (non-hydrogen) atoms. The minimum atomic E-state index is -4.64. The molecule has 0 bridgehead atoms. The first-order valence-electron chi connectivity index (χ1n) is 10.7. The molecule has 1 aliphatic carbocycles. The van der Waals surface area contributed by atoms with Gasteiger partial charge < -0.3 is 14.0 Å². The van der Waals surface area contributed by atoms with E-state index in [9.17, 15) is 18.0 Å². The monoisotopic (exact) mass is 455 g/mol. The van der Waals surface area contributed by atoms with Crippen LogP contribution in [0.15, 0.2) is 4.52 Å². The first kappa shape index (κ1) is 24.0. The maximum Gasteiger partial charge on any atom is 0.513 e. The summed E-state index contributed by atoms with van der Waals surface area (Å²) in [6.45, 7) is 7.81. The normalized spacial score (nSPS) is 19.3. The van der Waals surface area contributed by atoms with Gasteiger partial charge in [-0.15, -0.1) is 0 Å². The molecule has 1 saturated carbocycles. The summed E-state index contributed by atoms with van der Waals surface area (Å²) in [6, 6.07) is 0. The Morgan fingerprint density at radius 1 is 1.16 bits per heavy atom.